The van der Waals surface area contributed by atoms with E-state index < -0.39 is 5.60 Å². The molecule has 0 spiro atoms. The average Bonchev–Trinajstić information content (AvgIpc) is 2.25. The summed E-state index contributed by atoms with van der Waals surface area (Å²) >= 11 is 0. The summed E-state index contributed by atoms with van der Waals surface area (Å²) in [5, 5.41) is 10.9. The lowest BCUT2D eigenvalue weighted by Gasteiger charge is -2.61. The Bertz CT molecular complexity index is 383. The first-order chi connectivity index (χ1) is 9.09. The zero-order valence-corrected chi connectivity index (χ0v) is 14.0. The zero-order chi connectivity index (χ0) is 15.2. The number of ketones is 1. The van der Waals surface area contributed by atoms with E-state index in [9.17, 15) is 9.90 Å². The average molecular weight is 280 g/mol. The molecule has 0 bridgehead atoms. The minimum absolute atomic E-state index is 0.193. The van der Waals surface area contributed by atoms with Gasteiger partial charge in [0.25, 0.3) is 0 Å². The summed E-state index contributed by atoms with van der Waals surface area (Å²) in [7, 11) is 0. The lowest BCUT2D eigenvalue weighted by molar-refractivity contribution is -0.169. The molecule has 4 atom stereocenters. The number of carbonyl (C=O) groups excluding carboxylic acids is 1. The fraction of sp³-hybridized carbons (Fsp3) is 0.944. The van der Waals surface area contributed by atoms with Crippen LogP contribution in [-0.2, 0) is 4.79 Å². The van der Waals surface area contributed by atoms with Crippen molar-refractivity contribution in [2.24, 2.45) is 22.7 Å². The van der Waals surface area contributed by atoms with Crippen LogP contribution in [0.5, 0.6) is 0 Å². The highest BCUT2D eigenvalue weighted by Crippen LogP contribution is 2.62. The van der Waals surface area contributed by atoms with Gasteiger partial charge in [0.05, 0.1) is 5.60 Å². The molecule has 0 amide bonds. The van der Waals surface area contributed by atoms with Crippen LogP contribution in [-0.4, -0.2) is 16.5 Å². The van der Waals surface area contributed by atoms with Gasteiger partial charge in [0.1, 0.15) is 5.78 Å². The molecule has 2 heteroatoms. The van der Waals surface area contributed by atoms with Crippen molar-refractivity contribution in [1.82, 2.24) is 0 Å². The predicted octanol–water partition coefficient (Wildman–Crippen LogP) is 4.35. The molecule has 0 aromatic heterocycles. The molecule has 0 aromatic carbocycles. The molecule has 0 aliphatic heterocycles. The Morgan fingerprint density at radius 3 is 2.40 bits per heavy atom. The van der Waals surface area contributed by atoms with Gasteiger partial charge >= 0.3 is 0 Å². The molecule has 20 heavy (non-hydrogen) atoms. The minimum Gasteiger partial charge on any atom is -0.390 e. The Morgan fingerprint density at radius 1 is 1.15 bits per heavy atom. The molecule has 0 heterocycles. The molecule has 1 N–H and O–H groups in total. The predicted molar refractivity (Wildman–Crippen MR) is 82.5 cm³/mol. The van der Waals surface area contributed by atoms with Crippen molar-refractivity contribution in [2.75, 3.05) is 0 Å². The van der Waals surface area contributed by atoms with Gasteiger partial charge in [-0.15, -0.1) is 0 Å². The van der Waals surface area contributed by atoms with Crippen molar-refractivity contribution < 1.29 is 9.90 Å². The number of fused-ring (bicyclic) bond motifs is 1. The standard InChI is InChI=1S/C18H32O2/c1-13(19)7-8-15-17(4)11-6-10-16(2,3)14(17)9-12-18(15,5)20/h14-15,20H,6-12H2,1-5H3/t14?,15-,17+,18-/m1/s1. The van der Waals surface area contributed by atoms with Crippen LogP contribution in [0.25, 0.3) is 0 Å². The SMILES string of the molecule is CC(=O)CC[C@@H]1[C@@]2(C)CCCC(C)(C)C2CC[C@@]1(C)O. The van der Waals surface area contributed by atoms with Crippen LogP contribution in [0.4, 0.5) is 0 Å². The molecule has 2 aliphatic rings. The van der Waals surface area contributed by atoms with Crippen molar-refractivity contribution in [1.29, 1.82) is 0 Å². The molecule has 2 aliphatic carbocycles. The van der Waals surface area contributed by atoms with E-state index in [4.69, 9.17) is 0 Å². The summed E-state index contributed by atoms with van der Waals surface area (Å²) in [5.41, 5.74) is -0.0367. The van der Waals surface area contributed by atoms with Crippen LogP contribution in [0.15, 0.2) is 0 Å². The molecule has 2 rings (SSSR count). The summed E-state index contributed by atoms with van der Waals surface area (Å²) in [5.74, 6) is 1.19. The third-order valence-electron chi connectivity index (χ3n) is 6.55. The Balaban J connectivity index is 2.30. The van der Waals surface area contributed by atoms with Gasteiger partial charge in [0, 0.05) is 6.42 Å². The molecule has 116 valence electrons. The van der Waals surface area contributed by atoms with Gasteiger partial charge in [-0.05, 0) is 68.6 Å². The molecular formula is C18H32O2. The van der Waals surface area contributed by atoms with E-state index in [0.717, 1.165) is 19.3 Å². The van der Waals surface area contributed by atoms with E-state index in [2.05, 4.69) is 20.8 Å². The molecule has 0 saturated heterocycles. The number of Topliss-reactive ketones (excluding diaryl/α,β-unsaturated/α-hetero) is 1. The second-order valence-corrected chi connectivity index (χ2v) is 8.59. The smallest absolute Gasteiger partial charge is 0.129 e. The van der Waals surface area contributed by atoms with Crippen molar-refractivity contribution >= 4 is 5.78 Å². The summed E-state index contributed by atoms with van der Waals surface area (Å²) in [6, 6.07) is 0. The molecular weight excluding hydrogens is 248 g/mol. The summed E-state index contributed by atoms with van der Waals surface area (Å²) in [6.07, 6.45) is 7.25. The quantitative estimate of drug-likeness (QED) is 0.834. The second-order valence-electron chi connectivity index (χ2n) is 8.59. The number of hydrogen-bond acceptors (Lipinski definition) is 2. The number of carbonyl (C=O) groups is 1. The van der Waals surface area contributed by atoms with Crippen LogP contribution in [0, 0.1) is 22.7 Å². The fourth-order valence-electron chi connectivity index (χ4n) is 5.61. The summed E-state index contributed by atoms with van der Waals surface area (Å²) < 4.78 is 0. The Kier molecular flexibility index (Phi) is 4.10. The van der Waals surface area contributed by atoms with Crippen LogP contribution >= 0.6 is 0 Å². The maximum atomic E-state index is 11.4. The Labute approximate surface area is 124 Å². The number of rotatable bonds is 3. The van der Waals surface area contributed by atoms with Crippen molar-refractivity contribution in [3.8, 4) is 0 Å². The Morgan fingerprint density at radius 2 is 1.80 bits per heavy atom. The lowest BCUT2D eigenvalue weighted by atomic mass is 9.45. The Hall–Kier alpha value is -0.370. The van der Waals surface area contributed by atoms with Crippen LogP contribution < -0.4 is 0 Å². The van der Waals surface area contributed by atoms with Crippen LogP contribution in [0.1, 0.15) is 79.6 Å². The third kappa shape index (κ3) is 2.68. The van der Waals surface area contributed by atoms with Gasteiger partial charge in [-0.25, -0.2) is 0 Å². The van der Waals surface area contributed by atoms with Crippen molar-refractivity contribution in [3.05, 3.63) is 0 Å². The molecule has 2 saturated carbocycles. The van der Waals surface area contributed by atoms with Crippen molar-refractivity contribution in [2.45, 2.75) is 85.2 Å². The third-order valence-corrected chi connectivity index (χ3v) is 6.55. The van der Waals surface area contributed by atoms with E-state index in [1.165, 1.54) is 19.3 Å². The van der Waals surface area contributed by atoms with Crippen LogP contribution in [0.2, 0.25) is 0 Å². The highest BCUT2D eigenvalue weighted by Gasteiger charge is 2.57. The topological polar surface area (TPSA) is 37.3 Å². The molecule has 0 aromatic rings. The monoisotopic (exact) mass is 280 g/mol. The maximum absolute atomic E-state index is 11.4. The van der Waals surface area contributed by atoms with Gasteiger partial charge in [0.15, 0.2) is 0 Å². The first kappa shape index (κ1) is 16.0. The molecule has 1 unspecified atom stereocenters. The summed E-state index contributed by atoms with van der Waals surface area (Å²) in [6.45, 7) is 10.9. The molecule has 2 nitrogen and oxygen atoms in total. The maximum Gasteiger partial charge on any atom is 0.129 e. The van der Waals surface area contributed by atoms with E-state index in [-0.39, 0.29) is 17.1 Å². The number of aliphatic hydroxyl groups is 1. The van der Waals surface area contributed by atoms with E-state index >= 15 is 0 Å². The van der Waals surface area contributed by atoms with E-state index in [1.54, 1.807) is 6.92 Å². The zero-order valence-electron chi connectivity index (χ0n) is 14.0. The highest BCUT2D eigenvalue weighted by atomic mass is 16.3. The second kappa shape index (κ2) is 5.12. The molecule has 2 fully saturated rings. The summed E-state index contributed by atoms with van der Waals surface area (Å²) in [4.78, 5) is 11.4. The highest BCUT2D eigenvalue weighted by molar-refractivity contribution is 5.75. The first-order valence-electron chi connectivity index (χ1n) is 8.31. The van der Waals surface area contributed by atoms with Crippen molar-refractivity contribution in [3.63, 3.8) is 0 Å². The van der Waals surface area contributed by atoms with Gasteiger partial charge in [0.2, 0.25) is 0 Å². The fourth-order valence-corrected chi connectivity index (χ4v) is 5.61. The van der Waals surface area contributed by atoms with E-state index in [1.807, 2.05) is 6.92 Å². The van der Waals surface area contributed by atoms with Gasteiger partial charge < -0.3 is 9.90 Å². The largest absolute Gasteiger partial charge is 0.390 e. The van der Waals surface area contributed by atoms with Gasteiger partial charge in [-0.2, -0.15) is 0 Å². The normalized spacial score (nSPS) is 43.9. The lowest BCUT2D eigenvalue weighted by Crippen LogP contribution is -2.57. The van der Waals surface area contributed by atoms with Gasteiger partial charge in [-0.3, -0.25) is 0 Å². The molecule has 0 radical (unpaired) electrons. The van der Waals surface area contributed by atoms with E-state index in [0.29, 0.717) is 17.8 Å². The number of hydrogen-bond donors (Lipinski definition) is 1. The first-order valence-corrected chi connectivity index (χ1v) is 8.31. The van der Waals surface area contributed by atoms with Gasteiger partial charge in [-0.1, -0.05) is 27.2 Å². The minimum atomic E-state index is -0.603. The van der Waals surface area contributed by atoms with Crippen LogP contribution in [0.3, 0.4) is 0 Å².